The SMILES string of the molecule is CCCNCCCN1CCC(c2ccccc2)C1. The van der Waals surface area contributed by atoms with Gasteiger partial charge in [-0.25, -0.2) is 0 Å². The summed E-state index contributed by atoms with van der Waals surface area (Å²) >= 11 is 0. The first kappa shape index (κ1) is 13.6. The highest BCUT2D eigenvalue weighted by Crippen LogP contribution is 2.26. The molecule has 1 aliphatic heterocycles. The Bertz CT molecular complexity index is 323. The van der Waals surface area contributed by atoms with Gasteiger partial charge < -0.3 is 10.2 Å². The first-order valence-corrected chi connectivity index (χ1v) is 7.38. The lowest BCUT2D eigenvalue weighted by molar-refractivity contribution is 0.327. The maximum absolute atomic E-state index is 3.48. The molecule has 0 saturated carbocycles. The van der Waals surface area contributed by atoms with Crippen LogP contribution < -0.4 is 5.32 Å². The summed E-state index contributed by atoms with van der Waals surface area (Å²) in [7, 11) is 0. The van der Waals surface area contributed by atoms with Crippen LogP contribution >= 0.6 is 0 Å². The van der Waals surface area contributed by atoms with Crippen molar-refractivity contribution in [3.8, 4) is 0 Å². The fraction of sp³-hybridized carbons (Fsp3) is 0.625. The molecule has 1 atom stereocenters. The maximum atomic E-state index is 3.48. The van der Waals surface area contributed by atoms with Gasteiger partial charge >= 0.3 is 0 Å². The molecule has 2 heteroatoms. The Balaban J connectivity index is 1.66. The summed E-state index contributed by atoms with van der Waals surface area (Å²) in [6.07, 6.45) is 3.84. The largest absolute Gasteiger partial charge is 0.317 e. The summed E-state index contributed by atoms with van der Waals surface area (Å²) in [6.45, 7) is 8.32. The zero-order valence-electron chi connectivity index (χ0n) is 11.6. The van der Waals surface area contributed by atoms with Gasteiger partial charge in [-0.2, -0.15) is 0 Å². The van der Waals surface area contributed by atoms with Crippen LogP contribution in [0.3, 0.4) is 0 Å². The summed E-state index contributed by atoms with van der Waals surface area (Å²) in [5, 5.41) is 3.48. The van der Waals surface area contributed by atoms with Crippen molar-refractivity contribution in [1.82, 2.24) is 10.2 Å². The van der Waals surface area contributed by atoms with Gasteiger partial charge in [-0.1, -0.05) is 37.3 Å². The van der Waals surface area contributed by atoms with Crippen LogP contribution in [0.25, 0.3) is 0 Å². The molecule has 1 fully saturated rings. The summed E-state index contributed by atoms with van der Waals surface area (Å²) in [5.41, 5.74) is 1.52. The van der Waals surface area contributed by atoms with Gasteiger partial charge in [-0.05, 0) is 56.9 Å². The lowest BCUT2D eigenvalue weighted by atomic mass is 9.99. The third-order valence-electron chi connectivity index (χ3n) is 3.80. The zero-order chi connectivity index (χ0) is 12.6. The summed E-state index contributed by atoms with van der Waals surface area (Å²) < 4.78 is 0. The lowest BCUT2D eigenvalue weighted by Gasteiger charge is -2.16. The molecule has 2 rings (SSSR count). The van der Waals surface area contributed by atoms with E-state index in [1.165, 1.54) is 51.0 Å². The van der Waals surface area contributed by atoms with Crippen molar-refractivity contribution in [2.75, 3.05) is 32.7 Å². The summed E-state index contributed by atoms with van der Waals surface area (Å²) in [4.78, 5) is 2.62. The quantitative estimate of drug-likeness (QED) is 0.744. The third-order valence-corrected chi connectivity index (χ3v) is 3.80. The van der Waals surface area contributed by atoms with E-state index in [1.807, 2.05) is 0 Å². The van der Waals surface area contributed by atoms with Gasteiger partial charge in [0.2, 0.25) is 0 Å². The van der Waals surface area contributed by atoms with E-state index in [0.29, 0.717) is 0 Å². The minimum atomic E-state index is 0.759. The molecule has 0 radical (unpaired) electrons. The number of nitrogens with one attached hydrogen (secondary N) is 1. The van der Waals surface area contributed by atoms with E-state index in [-0.39, 0.29) is 0 Å². The number of hydrogen-bond donors (Lipinski definition) is 1. The number of rotatable bonds is 7. The standard InChI is InChI=1S/C16H26N2/c1-2-10-17-11-6-12-18-13-9-16(14-18)15-7-4-3-5-8-15/h3-5,7-8,16-17H,2,6,9-14H2,1H3. The molecule has 1 aliphatic rings. The summed E-state index contributed by atoms with van der Waals surface area (Å²) in [6, 6.07) is 11.0. The molecule has 100 valence electrons. The van der Waals surface area contributed by atoms with Crippen molar-refractivity contribution >= 4 is 0 Å². The summed E-state index contributed by atoms with van der Waals surface area (Å²) in [5.74, 6) is 0.759. The average molecular weight is 246 g/mol. The second-order valence-electron chi connectivity index (χ2n) is 5.30. The highest BCUT2D eigenvalue weighted by Gasteiger charge is 2.22. The maximum Gasteiger partial charge on any atom is 0.00508 e. The van der Waals surface area contributed by atoms with Crippen molar-refractivity contribution in [3.05, 3.63) is 35.9 Å². The number of nitrogens with zero attached hydrogens (tertiary/aromatic N) is 1. The lowest BCUT2D eigenvalue weighted by Crippen LogP contribution is -2.25. The van der Waals surface area contributed by atoms with Gasteiger partial charge in [0.1, 0.15) is 0 Å². The van der Waals surface area contributed by atoms with Gasteiger partial charge in [0.15, 0.2) is 0 Å². The van der Waals surface area contributed by atoms with Crippen molar-refractivity contribution in [2.24, 2.45) is 0 Å². The minimum absolute atomic E-state index is 0.759. The van der Waals surface area contributed by atoms with E-state index in [2.05, 4.69) is 47.5 Å². The monoisotopic (exact) mass is 246 g/mol. The molecule has 0 spiro atoms. The van der Waals surface area contributed by atoms with Crippen molar-refractivity contribution in [2.45, 2.75) is 32.1 Å². The first-order valence-electron chi connectivity index (χ1n) is 7.38. The molecule has 0 amide bonds. The molecular weight excluding hydrogens is 220 g/mol. The van der Waals surface area contributed by atoms with Crippen molar-refractivity contribution in [1.29, 1.82) is 0 Å². The first-order chi connectivity index (χ1) is 8.90. The second-order valence-corrected chi connectivity index (χ2v) is 5.30. The van der Waals surface area contributed by atoms with Crippen LogP contribution in [0.4, 0.5) is 0 Å². The normalized spacial score (nSPS) is 20.4. The molecule has 1 aromatic rings. The minimum Gasteiger partial charge on any atom is -0.317 e. The van der Waals surface area contributed by atoms with Gasteiger partial charge in [-0.15, -0.1) is 0 Å². The molecule has 0 bridgehead atoms. The third kappa shape index (κ3) is 4.11. The molecule has 1 saturated heterocycles. The van der Waals surface area contributed by atoms with Gasteiger partial charge in [0, 0.05) is 6.54 Å². The van der Waals surface area contributed by atoms with Crippen LogP contribution in [-0.4, -0.2) is 37.6 Å². The van der Waals surface area contributed by atoms with Crippen LogP contribution in [-0.2, 0) is 0 Å². The predicted molar refractivity (Wildman–Crippen MR) is 78.0 cm³/mol. The molecule has 1 N–H and O–H groups in total. The van der Waals surface area contributed by atoms with Gasteiger partial charge in [-0.3, -0.25) is 0 Å². The smallest absolute Gasteiger partial charge is 0.00508 e. The molecule has 1 aromatic carbocycles. The Morgan fingerprint density at radius 1 is 1.22 bits per heavy atom. The topological polar surface area (TPSA) is 15.3 Å². The Morgan fingerprint density at radius 2 is 2.06 bits per heavy atom. The van der Waals surface area contributed by atoms with Crippen molar-refractivity contribution in [3.63, 3.8) is 0 Å². The molecule has 18 heavy (non-hydrogen) atoms. The highest BCUT2D eigenvalue weighted by atomic mass is 15.1. The average Bonchev–Trinajstić information content (AvgIpc) is 2.88. The number of benzene rings is 1. The Kier molecular flexibility index (Phi) is 5.69. The van der Waals surface area contributed by atoms with E-state index in [9.17, 15) is 0 Å². The fourth-order valence-electron chi connectivity index (χ4n) is 2.76. The van der Waals surface area contributed by atoms with Gasteiger partial charge in [0.05, 0.1) is 0 Å². The molecule has 0 aliphatic carbocycles. The number of likely N-dealkylation sites (tertiary alicyclic amines) is 1. The van der Waals surface area contributed by atoms with Crippen molar-refractivity contribution < 1.29 is 0 Å². The molecule has 1 heterocycles. The van der Waals surface area contributed by atoms with E-state index >= 15 is 0 Å². The Morgan fingerprint density at radius 3 is 2.83 bits per heavy atom. The van der Waals surface area contributed by atoms with Crippen LogP contribution in [0.15, 0.2) is 30.3 Å². The van der Waals surface area contributed by atoms with Crippen LogP contribution in [0.5, 0.6) is 0 Å². The zero-order valence-corrected chi connectivity index (χ0v) is 11.6. The fourth-order valence-corrected chi connectivity index (χ4v) is 2.76. The second kappa shape index (κ2) is 7.55. The predicted octanol–water partition coefficient (Wildman–Crippen LogP) is 2.87. The van der Waals surface area contributed by atoms with E-state index in [4.69, 9.17) is 0 Å². The van der Waals surface area contributed by atoms with Crippen LogP contribution in [0.1, 0.15) is 37.7 Å². The van der Waals surface area contributed by atoms with Crippen LogP contribution in [0.2, 0.25) is 0 Å². The molecule has 1 unspecified atom stereocenters. The number of hydrogen-bond acceptors (Lipinski definition) is 2. The Hall–Kier alpha value is -0.860. The molecular formula is C16H26N2. The van der Waals surface area contributed by atoms with E-state index in [0.717, 1.165) is 12.5 Å². The van der Waals surface area contributed by atoms with Gasteiger partial charge in [0.25, 0.3) is 0 Å². The van der Waals surface area contributed by atoms with Crippen LogP contribution in [0, 0.1) is 0 Å². The highest BCUT2D eigenvalue weighted by molar-refractivity contribution is 5.20. The molecule has 0 aromatic heterocycles. The van der Waals surface area contributed by atoms with E-state index in [1.54, 1.807) is 0 Å². The van der Waals surface area contributed by atoms with E-state index < -0.39 is 0 Å². The molecule has 2 nitrogen and oxygen atoms in total. The Labute approximate surface area is 111 Å².